The van der Waals surface area contributed by atoms with E-state index in [1.165, 1.54) is 19.1 Å². The number of ether oxygens (including phenoxy) is 2. The van der Waals surface area contributed by atoms with Crippen molar-refractivity contribution < 1.29 is 38.1 Å². The number of halogens is 2. The van der Waals surface area contributed by atoms with E-state index in [1.54, 1.807) is 13.8 Å². The summed E-state index contributed by atoms with van der Waals surface area (Å²) in [5.74, 6) is -3.59. The van der Waals surface area contributed by atoms with Crippen LogP contribution in [0.4, 0.5) is 8.78 Å². The van der Waals surface area contributed by atoms with Crippen LogP contribution in [0.15, 0.2) is 23.8 Å². The van der Waals surface area contributed by atoms with Gasteiger partial charge in [-0.2, -0.15) is 0 Å². The Balaban J connectivity index is 1.65. The minimum atomic E-state index is -2.28. The third-order valence-corrected chi connectivity index (χ3v) is 8.62. The van der Waals surface area contributed by atoms with Gasteiger partial charge in [-0.15, -0.1) is 0 Å². The summed E-state index contributed by atoms with van der Waals surface area (Å²) in [6.45, 7) is 4.17. The molecular formula is C23H28F2O6. The Morgan fingerprint density at radius 1 is 1.23 bits per heavy atom. The van der Waals surface area contributed by atoms with Crippen LogP contribution in [0.5, 0.6) is 0 Å². The molecule has 1 saturated heterocycles. The Labute approximate surface area is 179 Å². The van der Waals surface area contributed by atoms with Crippen LogP contribution in [0, 0.1) is 22.7 Å². The van der Waals surface area contributed by atoms with E-state index in [2.05, 4.69) is 0 Å². The van der Waals surface area contributed by atoms with Crippen molar-refractivity contribution in [2.75, 3.05) is 6.61 Å². The SMILES string of the molecule is CC1(C)OC2[C@@H](C[C@H]3[C@@H]4C[C@H](F)C5=CC(=O)C=C[C@]5(C)[C@@]4(F)[C@@H](O)C[C@]23C(=O)CO)O1. The minimum Gasteiger partial charge on any atom is -0.390 e. The molecule has 4 aliphatic carbocycles. The fourth-order valence-electron chi connectivity index (χ4n) is 7.42. The van der Waals surface area contributed by atoms with Crippen LogP contribution < -0.4 is 0 Å². The normalized spacial score (nSPS) is 52.1. The van der Waals surface area contributed by atoms with Crippen molar-refractivity contribution >= 4 is 11.6 Å². The van der Waals surface area contributed by atoms with E-state index < -0.39 is 76.8 Å². The largest absolute Gasteiger partial charge is 0.390 e. The first-order chi connectivity index (χ1) is 14.4. The number of rotatable bonds is 2. The predicted molar refractivity (Wildman–Crippen MR) is 104 cm³/mol. The molecule has 1 heterocycles. The molecule has 170 valence electrons. The molecule has 0 aromatic rings. The van der Waals surface area contributed by atoms with Gasteiger partial charge in [-0.05, 0) is 63.7 Å². The maximum Gasteiger partial charge on any atom is 0.178 e. The molecule has 1 aliphatic heterocycles. The predicted octanol–water partition coefficient (Wildman–Crippen LogP) is 1.98. The first-order valence-electron chi connectivity index (χ1n) is 10.9. The van der Waals surface area contributed by atoms with Gasteiger partial charge in [-0.3, -0.25) is 9.59 Å². The zero-order chi connectivity index (χ0) is 22.6. The summed E-state index contributed by atoms with van der Waals surface area (Å²) in [5, 5.41) is 21.0. The third kappa shape index (κ3) is 2.45. The molecule has 1 unspecified atom stereocenters. The number of carbonyl (C=O) groups is 2. The van der Waals surface area contributed by atoms with Crippen molar-refractivity contribution in [2.24, 2.45) is 22.7 Å². The first kappa shape index (κ1) is 21.4. The smallest absolute Gasteiger partial charge is 0.178 e. The molecule has 0 aromatic heterocycles. The number of fused-ring (bicyclic) bond motifs is 7. The second-order valence-electron chi connectivity index (χ2n) is 10.4. The number of hydrogen-bond acceptors (Lipinski definition) is 6. The number of aliphatic hydroxyl groups excluding tert-OH is 2. The lowest BCUT2D eigenvalue weighted by atomic mass is 9.44. The van der Waals surface area contributed by atoms with Gasteiger partial charge in [0.15, 0.2) is 23.0 Å². The van der Waals surface area contributed by atoms with Crippen LogP contribution in [0.25, 0.3) is 0 Å². The van der Waals surface area contributed by atoms with Crippen LogP contribution >= 0.6 is 0 Å². The fraction of sp³-hybridized carbons (Fsp3) is 0.739. The van der Waals surface area contributed by atoms with Gasteiger partial charge in [-0.1, -0.05) is 6.08 Å². The summed E-state index contributed by atoms with van der Waals surface area (Å²) in [5.41, 5.74) is -5.13. The molecular weight excluding hydrogens is 410 g/mol. The number of aliphatic hydroxyl groups is 2. The van der Waals surface area contributed by atoms with E-state index in [-0.39, 0.29) is 24.8 Å². The molecule has 3 saturated carbocycles. The van der Waals surface area contributed by atoms with Crippen molar-refractivity contribution in [3.63, 3.8) is 0 Å². The van der Waals surface area contributed by atoms with Crippen LogP contribution in [0.2, 0.25) is 0 Å². The van der Waals surface area contributed by atoms with Gasteiger partial charge in [0.1, 0.15) is 18.9 Å². The third-order valence-electron chi connectivity index (χ3n) is 8.62. The minimum absolute atomic E-state index is 0.0330. The second-order valence-corrected chi connectivity index (χ2v) is 10.4. The van der Waals surface area contributed by atoms with Gasteiger partial charge in [0, 0.05) is 11.3 Å². The van der Waals surface area contributed by atoms with Crippen LogP contribution in [0.1, 0.15) is 40.0 Å². The highest BCUT2D eigenvalue weighted by atomic mass is 19.1. The molecule has 0 bridgehead atoms. The Morgan fingerprint density at radius 3 is 2.61 bits per heavy atom. The fourth-order valence-corrected chi connectivity index (χ4v) is 7.42. The molecule has 0 amide bonds. The monoisotopic (exact) mass is 438 g/mol. The lowest BCUT2D eigenvalue weighted by molar-refractivity contribution is -0.231. The van der Waals surface area contributed by atoms with Crippen LogP contribution in [-0.2, 0) is 19.1 Å². The summed E-state index contributed by atoms with van der Waals surface area (Å²) in [6.07, 6.45) is -1.01. The van der Waals surface area contributed by atoms with E-state index >= 15 is 8.78 Å². The molecule has 0 spiro atoms. The van der Waals surface area contributed by atoms with E-state index in [1.807, 2.05) is 0 Å². The number of allylic oxidation sites excluding steroid dienone is 4. The van der Waals surface area contributed by atoms with E-state index in [4.69, 9.17) is 9.47 Å². The van der Waals surface area contributed by atoms with E-state index in [9.17, 15) is 19.8 Å². The van der Waals surface area contributed by atoms with Gasteiger partial charge in [0.05, 0.1) is 17.6 Å². The summed E-state index contributed by atoms with van der Waals surface area (Å²) in [6, 6.07) is 0. The number of carbonyl (C=O) groups excluding carboxylic acids is 2. The summed E-state index contributed by atoms with van der Waals surface area (Å²) in [7, 11) is 0. The summed E-state index contributed by atoms with van der Waals surface area (Å²) in [4.78, 5) is 25.0. The number of Topliss-reactive ketones (excluding diaryl/α,β-unsaturated/α-hetero) is 1. The molecule has 0 aromatic carbocycles. The molecule has 4 fully saturated rings. The standard InChI is InChI=1S/C23H28F2O6/c1-20(2)30-16-8-12-13-7-15(24)14-6-11(27)4-5-21(14,3)23(13,25)17(28)9-22(12,18(29)10-26)19(16)31-20/h4-6,12-13,15-17,19,26,28H,7-10H2,1-3H3/t12-,13-,15-,16+,17-,19?,21-,22-,23-/m0/s1. The number of alkyl halides is 2. The van der Waals surface area contributed by atoms with Gasteiger partial charge < -0.3 is 19.7 Å². The average molecular weight is 438 g/mol. The second kappa shape index (κ2) is 6.31. The topological polar surface area (TPSA) is 93.1 Å². The van der Waals surface area contributed by atoms with Gasteiger partial charge in [0.2, 0.25) is 0 Å². The maximum absolute atomic E-state index is 17.1. The number of ketones is 2. The van der Waals surface area contributed by atoms with E-state index in [0.29, 0.717) is 0 Å². The number of hydrogen-bond donors (Lipinski definition) is 2. The Bertz CT molecular complexity index is 914. The Hall–Kier alpha value is -1.48. The molecule has 6 nitrogen and oxygen atoms in total. The molecule has 2 N–H and O–H groups in total. The molecule has 31 heavy (non-hydrogen) atoms. The van der Waals surface area contributed by atoms with E-state index in [0.717, 1.165) is 6.08 Å². The summed E-state index contributed by atoms with van der Waals surface area (Å²) < 4.78 is 44.5. The Morgan fingerprint density at radius 2 is 1.94 bits per heavy atom. The zero-order valence-corrected chi connectivity index (χ0v) is 17.8. The quantitative estimate of drug-likeness (QED) is 0.685. The van der Waals surface area contributed by atoms with Gasteiger partial charge >= 0.3 is 0 Å². The highest BCUT2D eigenvalue weighted by Gasteiger charge is 2.77. The molecule has 5 aliphatic rings. The highest BCUT2D eigenvalue weighted by Crippen LogP contribution is 2.70. The zero-order valence-electron chi connectivity index (χ0n) is 17.8. The van der Waals surface area contributed by atoms with Crippen molar-refractivity contribution in [1.29, 1.82) is 0 Å². The summed E-state index contributed by atoms with van der Waals surface area (Å²) >= 11 is 0. The lowest BCUT2D eigenvalue weighted by Crippen LogP contribution is -2.70. The average Bonchev–Trinajstić information content (AvgIpc) is 3.16. The molecule has 8 heteroatoms. The lowest BCUT2D eigenvalue weighted by Gasteiger charge is -2.62. The maximum atomic E-state index is 17.1. The molecule has 9 atom stereocenters. The van der Waals surface area contributed by atoms with Crippen molar-refractivity contribution in [3.05, 3.63) is 23.8 Å². The highest BCUT2D eigenvalue weighted by molar-refractivity contribution is 6.01. The van der Waals surface area contributed by atoms with Crippen molar-refractivity contribution in [1.82, 2.24) is 0 Å². The van der Waals surface area contributed by atoms with Crippen molar-refractivity contribution in [3.8, 4) is 0 Å². The van der Waals surface area contributed by atoms with Crippen LogP contribution in [0.3, 0.4) is 0 Å². The van der Waals surface area contributed by atoms with Gasteiger partial charge in [-0.25, -0.2) is 8.78 Å². The van der Waals surface area contributed by atoms with Crippen molar-refractivity contribution in [2.45, 2.75) is 76.0 Å². The molecule has 0 radical (unpaired) electrons. The van der Waals surface area contributed by atoms with Crippen LogP contribution in [-0.4, -0.2) is 64.3 Å². The van der Waals surface area contributed by atoms with Gasteiger partial charge in [0.25, 0.3) is 0 Å². The Kier molecular flexibility index (Phi) is 4.35. The first-order valence-corrected chi connectivity index (χ1v) is 10.9. The molecule has 5 rings (SSSR count).